The minimum absolute atomic E-state index is 0.0673. The molecule has 0 aromatic heterocycles. The first-order chi connectivity index (χ1) is 8.51. The van der Waals surface area contributed by atoms with Crippen LogP contribution in [0.4, 0.5) is 0 Å². The molecule has 2 atom stereocenters. The monoisotopic (exact) mass is 256 g/mol. The minimum atomic E-state index is -0.278. The normalized spacial score (nSPS) is 28.4. The van der Waals surface area contributed by atoms with Crippen molar-refractivity contribution in [1.82, 2.24) is 10.2 Å². The van der Waals surface area contributed by atoms with Gasteiger partial charge in [-0.3, -0.25) is 9.69 Å². The number of amides is 1. The molecule has 0 aliphatic heterocycles. The summed E-state index contributed by atoms with van der Waals surface area (Å²) in [6.07, 6.45) is 3.84. The van der Waals surface area contributed by atoms with E-state index in [4.69, 9.17) is 0 Å². The standard InChI is InChI=1S/C14H28N2O2/c1-4-16(5-2)10-13(18)15-11-14(3)9-7-6-8-12(14)17/h12,17H,4-11H2,1-3H3,(H,15,18)/t12-,14+/m0/s1. The van der Waals surface area contributed by atoms with Gasteiger partial charge in [-0.15, -0.1) is 0 Å². The first kappa shape index (κ1) is 15.4. The molecular formula is C14H28N2O2. The Morgan fingerprint density at radius 1 is 1.39 bits per heavy atom. The molecule has 0 heterocycles. The minimum Gasteiger partial charge on any atom is -0.392 e. The molecule has 1 aliphatic rings. The molecule has 1 fully saturated rings. The molecule has 1 rings (SSSR count). The number of hydrogen-bond acceptors (Lipinski definition) is 3. The Morgan fingerprint density at radius 2 is 2.06 bits per heavy atom. The van der Waals surface area contributed by atoms with E-state index in [9.17, 15) is 9.90 Å². The molecule has 2 N–H and O–H groups in total. The second-order valence-electron chi connectivity index (χ2n) is 5.65. The lowest BCUT2D eigenvalue weighted by Crippen LogP contribution is -2.47. The van der Waals surface area contributed by atoms with Crippen LogP contribution < -0.4 is 5.32 Å². The summed E-state index contributed by atoms with van der Waals surface area (Å²) in [5.41, 5.74) is -0.142. The van der Waals surface area contributed by atoms with Crippen molar-refractivity contribution in [2.45, 2.75) is 52.6 Å². The fraction of sp³-hybridized carbons (Fsp3) is 0.929. The third kappa shape index (κ3) is 4.25. The van der Waals surface area contributed by atoms with Crippen LogP contribution in [0, 0.1) is 5.41 Å². The van der Waals surface area contributed by atoms with Crippen LogP contribution in [0.15, 0.2) is 0 Å². The fourth-order valence-electron chi connectivity index (χ4n) is 2.59. The predicted octanol–water partition coefficient (Wildman–Crippen LogP) is 1.39. The highest BCUT2D eigenvalue weighted by atomic mass is 16.3. The predicted molar refractivity (Wildman–Crippen MR) is 73.4 cm³/mol. The van der Waals surface area contributed by atoms with Crippen molar-refractivity contribution in [2.75, 3.05) is 26.2 Å². The molecule has 1 saturated carbocycles. The summed E-state index contributed by atoms with van der Waals surface area (Å²) in [6, 6.07) is 0. The number of aliphatic hydroxyl groups excluding tert-OH is 1. The molecule has 0 aromatic carbocycles. The van der Waals surface area contributed by atoms with Crippen LogP contribution in [0.5, 0.6) is 0 Å². The SMILES string of the molecule is CCN(CC)CC(=O)NC[C@@]1(C)CCCC[C@@H]1O. The summed E-state index contributed by atoms with van der Waals surface area (Å²) in [6.45, 7) is 9.03. The highest BCUT2D eigenvalue weighted by molar-refractivity contribution is 5.78. The van der Waals surface area contributed by atoms with Crippen LogP contribution in [0.1, 0.15) is 46.5 Å². The average Bonchev–Trinajstić information content (AvgIpc) is 2.37. The van der Waals surface area contributed by atoms with Crippen molar-refractivity contribution in [3.8, 4) is 0 Å². The van der Waals surface area contributed by atoms with Gasteiger partial charge in [0, 0.05) is 12.0 Å². The highest BCUT2D eigenvalue weighted by Gasteiger charge is 2.35. The lowest BCUT2D eigenvalue weighted by molar-refractivity contribution is -0.123. The second-order valence-corrected chi connectivity index (χ2v) is 5.65. The number of carbonyl (C=O) groups is 1. The van der Waals surface area contributed by atoms with Gasteiger partial charge in [-0.1, -0.05) is 33.6 Å². The number of carbonyl (C=O) groups excluding carboxylic acids is 1. The third-order valence-electron chi connectivity index (χ3n) is 4.23. The number of nitrogens with zero attached hydrogens (tertiary/aromatic N) is 1. The molecule has 18 heavy (non-hydrogen) atoms. The van der Waals surface area contributed by atoms with E-state index < -0.39 is 0 Å². The molecule has 0 saturated heterocycles. The topological polar surface area (TPSA) is 52.6 Å². The summed E-state index contributed by atoms with van der Waals surface area (Å²) < 4.78 is 0. The van der Waals surface area contributed by atoms with Crippen molar-refractivity contribution in [2.24, 2.45) is 5.41 Å². The van der Waals surface area contributed by atoms with E-state index in [0.29, 0.717) is 13.1 Å². The Balaban J connectivity index is 2.37. The molecule has 1 aliphatic carbocycles. The molecule has 106 valence electrons. The van der Waals surface area contributed by atoms with Gasteiger partial charge in [0.2, 0.25) is 5.91 Å². The molecule has 4 heteroatoms. The van der Waals surface area contributed by atoms with E-state index in [-0.39, 0.29) is 17.4 Å². The van der Waals surface area contributed by atoms with Crippen molar-refractivity contribution in [3.63, 3.8) is 0 Å². The lowest BCUT2D eigenvalue weighted by atomic mass is 9.73. The van der Waals surface area contributed by atoms with E-state index in [1.807, 2.05) is 0 Å². The molecule has 0 aromatic rings. The molecule has 0 radical (unpaired) electrons. The number of nitrogens with one attached hydrogen (secondary N) is 1. The summed E-state index contributed by atoms with van der Waals surface area (Å²) in [7, 11) is 0. The third-order valence-corrected chi connectivity index (χ3v) is 4.23. The zero-order valence-corrected chi connectivity index (χ0v) is 12.0. The second kappa shape index (κ2) is 7.10. The first-order valence-electron chi connectivity index (χ1n) is 7.19. The lowest BCUT2D eigenvalue weighted by Gasteiger charge is -2.38. The molecular weight excluding hydrogens is 228 g/mol. The van der Waals surface area contributed by atoms with E-state index in [1.54, 1.807) is 0 Å². The summed E-state index contributed by atoms with van der Waals surface area (Å²) in [4.78, 5) is 13.9. The van der Waals surface area contributed by atoms with Crippen LogP contribution in [0.3, 0.4) is 0 Å². The van der Waals surface area contributed by atoms with Crippen LogP contribution >= 0.6 is 0 Å². The highest BCUT2D eigenvalue weighted by Crippen LogP contribution is 2.35. The van der Waals surface area contributed by atoms with Crippen LogP contribution in [-0.2, 0) is 4.79 Å². The van der Waals surface area contributed by atoms with Gasteiger partial charge in [-0.05, 0) is 25.9 Å². The fourth-order valence-corrected chi connectivity index (χ4v) is 2.59. The van der Waals surface area contributed by atoms with Gasteiger partial charge in [0.05, 0.1) is 12.6 Å². The van der Waals surface area contributed by atoms with Crippen molar-refractivity contribution < 1.29 is 9.90 Å². The quantitative estimate of drug-likeness (QED) is 0.755. The number of hydrogen-bond donors (Lipinski definition) is 2. The first-order valence-corrected chi connectivity index (χ1v) is 7.19. The Hall–Kier alpha value is -0.610. The van der Waals surface area contributed by atoms with E-state index >= 15 is 0 Å². The van der Waals surface area contributed by atoms with E-state index in [2.05, 4.69) is 31.0 Å². The van der Waals surface area contributed by atoms with Crippen molar-refractivity contribution >= 4 is 5.91 Å². The molecule has 4 nitrogen and oxygen atoms in total. The number of aliphatic hydroxyl groups is 1. The number of likely N-dealkylation sites (N-methyl/N-ethyl adjacent to an activating group) is 1. The van der Waals surface area contributed by atoms with Gasteiger partial charge >= 0.3 is 0 Å². The largest absolute Gasteiger partial charge is 0.392 e. The maximum atomic E-state index is 11.8. The van der Waals surface area contributed by atoms with Gasteiger partial charge in [-0.2, -0.15) is 0 Å². The van der Waals surface area contributed by atoms with E-state index in [1.165, 1.54) is 0 Å². The van der Waals surface area contributed by atoms with Crippen molar-refractivity contribution in [3.05, 3.63) is 0 Å². The average molecular weight is 256 g/mol. The molecule has 1 amide bonds. The summed E-state index contributed by atoms with van der Waals surface area (Å²) in [5, 5.41) is 13.0. The molecule has 0 spiro atoms. The Kier molecular flexibility index (Phi) is 6.09. The zero-order chi connectivity index (χ0) is 13.6. The van der Waals surface area contributed by atoms with E-state index in [0.717, 1.165) is 38.8 Å². The van der Waals surface area contributed by atoms with Gasteiger partial charge in [0.15, 0.2) is 0 Å². The smallest absolute Gasteiger partial charge is 0.234 e. The van der Waals surface area contributed by atoms with Crippen LogP contribution in [-0.4, -0.2) is 48.2 Å². The summed E-state index contributed by atoms with van der Waals surface area (Å²) >= 11 is 0. The van der Waals surface area contributed by atoms with Gasteiger partial charge in [-0.25, -0.2) is 0 Å². The maximum Gasteiger partial charge on any atom is 0.234 e. The number of rotatable bonds is 6. The summed E-state index contributed by atoms with van der Waals surface area (Å²) in [5.74, 6) is 0.0673. The van der Waals surface area contributed by atoms with Gasteiger partial charge < -0.3 is 10.4 Å². The molecule has 0 bridgehead atoms. The molecule has 0 unspecified atom stereocenters. The van der Waals surface area contributed by atoms with Gasteiger partial charge in [0.1, 0.15) is 0 Å². The van der Waals surface area contributed by atoms with Crippen LogP contribution in [0.25, 0.3) is 0 Å². The van der Waals surface area contributed by atoms with Crippen LogP contribution in [0.2, 0.25) is 0 Å². The Labute approximate surface area is 111 Å². The Morgan fingerprint density at radius 3 is 2.61 bits per heavy atom. The van der Waals surface area contributed by atoms with Crippen molar-refractivity contribution in [1.29, 1.82) is 0 Å². The van der Waals surface area contributed by atoms with Gasteiger partial charge in [0.25, 0.3) is 0 Å². The Bertz CT molecular complexity index is 267. The zero-order valence-electron chi connectivity index (χ0n) is 12.0. The maximum absolute atomic E-state index is 11.8.